The number of nitrogens with one attached hydrogen (secondary N) is 1. The molecule has 0 aromatic carbocycles. The molecule has 2 rings (SSSR count). The van der Waals surface area contributed by atoms with Gasteiger partial charge in [0.1, 0.15) is 17.7 Å². The maximum Gasteiger partial charge on any atom is 0.408 e. The molecule has 0 bridgehead atoms. The Kier molecular flexibility index (Phi) is 5.01. The Balaban J connectivity index is 2.22. The van der Waals surface area contributed by atoms with Crippen LogP contribution in [0.3, 0.4) is 0 Å². The van der Waals surface area contributed by atoms with Gasteiger partial charge in [0, 0.05) is 0 Å². The molecule has 0 radical (unpaired) electrons. The van der Waals surface area contributed by atoms with E-state index in [4.69, 9.17) is 4.74 Å². The molecular formula is C17H24N2O5. The maximum atomic E-state index is 12.9. The molecule has 2 heterocycles. The molecule has 0 aromatic rings. The first-order chi connectivity index (χ1) is 11.1. The highest BCUT2D eigenvalue weighted by atomic mass is 16.6. The van der Waals surface area contributed by atoms with Gasteiger partial charge in [-0.2, -0.15) is 0 Å². The Morgan fingerprint density at radius 3 is 2.62 bits per heavy atom. The van der Waals surface area contributed by atoms with Crippen molar-refractivity contribution in [3.63, 3.8) is 0 Å². The van der Waals surface area contributed by atoms with E-state index in [0.29, 0.717) is 18.4 Å². The average molecular weight is 336 g/mol. The summed E-state index contributed by atoms with van der Waals surface area (Å²) >= 11 is 0. The number of rotatable bonds is 2. The van der Waals surface area contributed by atoms with E-state index in [2.05, 4.69) is 11.9 Å². The number of alkyl carbamates (subject to hydrolysis) is 1. The van der Waals surface area contributed by atoms with Crippen LogP contribution in [0, 0.1) is 0 Å². The van der Waals surface area contributed by atoms with Gasteiger partial charge in [-0.25, -0.2) is 9.59 Å². The lowest BCUT2D eigenvalue weighted by molar-refractivity contribution is -0.150. The standard InChI is InChI=1S/C17H24N2O5/c1-10-6-5-7-11(18-16(23)24-17(2,3)4)14(20)19-12(10)8-9-13(19)15(21)22/h5-6,11-13H,1,7-9H2,2-4H3,(H,18,23)(H,21,22)/b6-5-/t11-,12+,13-/m0/s1. The first-order valence-corrected chi connectivity index (χ1v) is 8.00. The minimum Gasteiger partial charge on any atom is -0.480 e. The van der Waals surface area contributed by atoms with E-state index in [0.717, 1.165) is 0 Å². The summed E-state index contributed by atoms with van der Waals surface area (Å²) < 4.78 is 5.19. The number of carbonyl (C=O) groups excluding carboxylic acids is 2. The number of amides is 2. The average Bonchev–Trinajstić information content (AvgIpc) is 2.86. The number of nitrogens with zero attached hydrogens (tertiary/aromatic N) is 1. The van der Waals surface area contributed by atoms with Crippen LogP contribution < -0.4 is 5.32 Å². The summed E-state index contributed by atoms with van der Waals surface area (Å²) in [6.07, 6.45) is 4.04. The van der Waals surface area contributed by atoms with Gasteiger partial charge in [0.2, 0.25) is 5.91 Å². The lowest BCUT2D eigenvalue weighted by Gasteiger charge is -2.33. The Morgan fingerprint density at radius 1 is 1.38 bits per heavy atom. The van der Waals surface area contributed by atoms with E-state index < -0.39 is 35.7 Å². The fraction of sp³-hybridized carbons (Fsp3) is 0.588. The van der Waals surface area contributed by atoms with Gasteiger partial charge in [-0.15, -0.1) is 0 Å². The van der Waals surface area contributed by atoms with Crippen molar-refractivity contribution in [2.75, 3.05) is 0 Å². The molecule has 1 fully saturated rings. The van der Waals surface area contributed by atoms with Crippen LogP contribution in [-0.2, 0) is 14.3 Å². The topological polar surface area (TPSA) is 95.9 Å². The van der Waals surface area contributed by atoms with E-state index in [9.17, 15) is 19.5 Å². The van der Waals surface area contributed by atoms with Crippen LogP contribution in [0.1, 0.15) is 40.0 Å². The van der Waals surface area contributed by atoms with Crippen LogP contribution in [0.4, 0.5) is 4.79 Å². The number of aliphatic carboxylic acids is 1. The van der Waals surface area contributed by atoms with Crippen molar-refractivity contribution in [3.8, 4) is 0 Å². The van der Waals surface area contributed by atoms with Gasteiger partial charge >= 0.3 is 12.1 Å². The number of ether oxygens (including phenoxy) is 1. The second kappa shape index (κ2) is 6.67. The van der Waals surface area contributed by atoms with E-state index in [1.165, 1.54) is 4.90 Å². The number of carboxylic acids is 1. The van der Waals surface area contributed by atoms with Crippen LogP contribution in [0.25, 0.3) is 0 Å². The summed E-state index contributed by atoms with van der Waals surface area (Å²) in [5.41, 5.74) is 0.0291. The van der Waals surface area contributed by atoms with Gasteiger partial charge in [0.15, 0.2) is 0 Å². The highest BCUT2D eigenvalue weighted by molar-refractivity contribution is 5.90. The normalized spacial score (nSPS) is 28.6. The largest absolute Gasteiger partial charge is 0.480 e. The van der Waals surface area contributed by atoms with Crippen LogP contribution in [0.15, 0.2) is 24.3 Å². The SMILES string of the molecule is C=C1/C=C\C[C@H](NC(=O)OC(C)(C)C)C(=O)N2[C@@H]1CC[C@H]2C(=O)O. The third-order valence-corrected chi connectivity index (χ3v) is 4.05. The van der Waals surface area contributed by atoms with Crippen molar-refractivity contribution in [2.45, 2.75) is 63.8 Å². The van der Waals surface area contributed by atoms with Gasteiger partial charge in [-0.1, -0.05) is 18.7 Å². The van der Waals surface area contributed by atoms with Gasteiger partial charge in [-0.05, 0) is 45.6 Å². The molecule has 0 unspecified atom stereocenters. The number of carbonyl (C=O) groups is 3. The molecule has 7 heteroatoms. The van der Waals surface area contributed by atoms with Crippen molar-refractivity contribution in [2.24, 2.45) is 0 Å². The zero-order valence-electron chi connectivity index (χ0n) is 14.2. The molecule has 2 amide bonds. The summed E-state index contributed by atoms with van der Waals surface area (Å²) in [6.45, 7) is 9.12. The van der Waals surface area contributed by atoms with Crippen LogP contribution in [-0.4, -0.2) is 51.7 Å². The van der Waals surface area contributed by atoms with Gasteiger partial charge in [-0.3, -0.25) is 4.79 Å². The molecule has 2 aliphatic heterocycles. The summed E-state index contributed by atoms with van der Waals surface area (Å²) in [7, 11) is 0. The predicted octanol–water partition coefficient (Wildman–Crippen LogP) is 1.84. The third kappa shape index (κ3) is 3.96. The van der Waals surface area contributed by atoms with Crippen molar-refractivity contribution in [1.82, 2.24) is 10.2 Å². The first kappa shape index (κ1) is 18.0. The van der Waals surface area contributed by atoms with Crippen molar-refractivity contribution in [1.29, 1.82) is 0 Å². The second-order valence-corrected chi connectivity index (χ2v) is 7.10. The Morgan fingerprint density at radius 2 is 2.04 bits per heavy atom. The molecule has 2 N–H and O–H groups in total. The molecule has 24 heavy (non-hydrogen) atoms. The first-order valence-electron chi connectivity index (χ1n) is 8.00. The van der Waals surface area contributed by atoms with E-state index in [1.54, 1.807) is 32.9 Å². The molecule has 3 atom stereocenters. The van der Waals surface area contributed by atoms with E-state index >= 15 is 0 Å². The Labute approximate surface area is 141 Å². The fourth-order valence-electron chi connectivity index (χ4n) is 3.04. The van der Waals surface area contributed by atoms with Crippen LogP contribution in [0.5, 0.6) is 0 Å². The molecule has 0 saturated carbocycles. The number of carboxylic acid groups (broad SMARTS) is 1. The van der Waals surface area contributed by atoms with E-state index in [1.807, 2.05) is 0 Å². The molecule has 132 valence electrons. The lowest BCUT2D eigenvalue weighted by atomic mass is 10.0. The number of hydrogen-bond donors (Lipinski definition) is 2. The molecule has 0 spiro atoms. The Bertz CT molecular complexity index is 590. The highest BCUT2D eigenvalue weighted by Gasteiger charge is 2.44. The number of hydrogen-bond acceptors (Lipinski definition) is 4. The van der Waals surface area contributed by atoms with Crippen molar-refractivity contribution in [3.05, 3.63) is 24.3 Å². The van der Waals surface area contributed by atoms with Gasteiger partial charge in [0.25, 0.3) is 0 Å². The molecule has 1 saturated heterocycles. The third-order valence-electron chi connectivity index (χ3n) is 4.05. The molecular weight excluding hydrogens is 312 g/mol. The zero-order chi connectivity index (χ0) is 18.1. The van der Waals surface area contributed by atoms with E-state index in [-0.39, 0.29) is 12.5 Å². The van der Waals surface area contributed by atoms with Crippen LogP contribution >= 0.6 is 0 Å². The summed E-state index contributed by atoms with van der Waals surface area (Å²) in [5, 5.41) is 11.9. The van der Waals surface area contributed by atoms with Crippen molar-refractivity contribution >= 4 is 18.0 Å². The monoisotopic (exact) mass is 336 g/mol. The lowest BCUT2D eigenvalue weighted by Crippen LogP contribution is -2.55. The fourth-order valence-corrected chi connectivity index (χ4v) is 3.04. The summed E-state index contributed by atoms with van der Waals surface area (Å²) in [4.78, 5) is 37.7. The van der Waals surface area contributed by atoms with Gasteiger partial charge in [0.05, 0.1) is 6.04 Å². The maximum absolute atomic E-state index is 12.9. The molecule has 7 nitrogen and oxygen atoms in total. The highest BCUT2D eigenvalue weighted by Crippen LogP contribution is 2.31. The van der Waals surface area contributed by atoms with Gasteiger partial charge < -0.3 is 20.1 Å². The number of fused-ring (bicyclic) bond motifs is 1. The predicted molar refractivity (Wildman–Crippen MR) is 87.3 cm³/mol. The minimum atomic E-state index is -1.04. The molecule has 0 aromatic heterocycles. The minimum absolute atomic E-state index is 0.257. The smallest absolute Gasteiger partial charge is 0.408 e. The summed E-state index contributed by atoms with van der Waals surface area (Å²) in [5.74, 6) is -1.46. The molecule has 0 aliphatic carbocycles. The Hall–Kier alpha value is -2.31. The quantitative estimate of drug-likeness (QED) is 0.802. The second-order valence-electron chi connectivity index (χ2n) is 7.10. The zero-order valence-corrected chi connectivity index (χ0v) is 14.2. The van der Waals surface area contributed by atoms with Crippen LogP contribution in [0.2, 0.25) is 0 Å². The van der Waals surface area contributed by atoms with Crippen molar-refractivity contribution < 1.29 is 24.2 Å². The molecule has 2 aliphatic rings. The summed E-state index contributed by atoms with van der Waals surface area (Å²) in [6, 6.07) is -2.10.